The standard InChI is InChI=1S/C22H20ClNO3S/c1-28(26,27)18-12-13-20(23)21(14-18)24-22(25)15-19(16-8-4-2-5-9-16)17-10-6-3-7-11-17/h2-14,19H,15H2,1H3,(H,24,25). The van der Waals surface area contributed by atoms with Crippen molar-refractivity contribution in [2.24, 2.45) is 0 Å². The monoisotopic (exact) mass is 413 g/mol. The fourth-order valence-electron chi connectivity index (χ4n) is 3.02. The molecule has 0 fully saturated rings. The third-order valence-electron chi connectivity index (χ3n) is 4.43. The zero-order chi connectivity index (χ0) is 20.1. The number of halogens is 1. The van der Waals surface area contributed by atoms with Gasteiger partial charge in [-0.1, -0.05) is 72.3 Å². The molecule has 0 unspecified atom stereocenters. The van der Waals surface area contributed by atoms with Crippen LogP contribution in [0.25, 0.3) is 0 Å². The van der Waals surface area contributed by atoms with Gasteiger partial charge in [-0.05, 0) is 29.3 Å². The summed E-state index contributed by atoms with van der Waals surface area (Å²) in [6.45, 7) is 0. The highest BCUT2D eigenvalue weighted by Gasteiger charge is 2.19. The number of hydrogen-bond acceptors (Lipinski definition) is 3. The molecule has 0 aliphatic rings. The summed E-state index contributed by atoms with van der Waals surface area (Å²) in [5.74, 6) is -0.371. The minimum atomic E-state index is -3.40. The van der Waals surface area contributed by atoms with Gasteiger partial charge < -0.3 is 5.32 Å². The average molecular weight is 414 g/mol. The van der Waals surface area contributed by atoms with E-state index in [0.717, 1.165) is 17.4 Å². The van der Waals surface area contributed by atoms with E-state index in [1.165, 1.54) is 18.2 Å². The highest BCUT2D eigenvalue weighted by atomic mass is 35.5. The number of hydrogen-bond donors (Lipinski definition) is 1. The Bertz CT molecular complexity index is 1030. The van der Waals surface area contributed by atoms with Crippen LogP contribution in [0.2, 0.25) is 5.02 Å². The molecule has 0 saturated carbocycles. The number of rotatable bonds is 6. The maximum absolute atomic E-state index is 12.8. The molecule has 0 spiro atoms. The maximum atomic E-state index is 12.8. The quantitative estimate of drug-likeness (QED) is 0.624. The Hall–Kier alpha value is -2.63. The van der Waals surface area contributed by atoms with Gasteiger partial charge in [0, 0.05) is 18.6 Å². The minimum Gasteiger partial charge on any atom is -0.325 e. The van der Waals surface area contributed by atoms with Crippen molar-refractivity contribution in [2.45, 2.75) is 17.2 Å². The fourth-order valence-corrected chi connectivity index (χ4v) is 3.83. The zero-order valence-corrected chi connectivity index (χ0v) is 16.9. The SMILES string of the molecule is CS(=O)(=O)c1ccc(Cl)c(NC(=O)CC(c2ccccc2)c2ccccc2)c1. The molecule has 3 aromatic carbocycles. The second kappa shape index (κ2) is 8.59. The smallest absolute Gasteiger partial charge is 0.225 e. The van der Waals surface area contributed by atoms with Crippen molar-refractivity contribution in [3.8, 4) is 0 Å². The number of carbonyl (C=O) groups is 1. The predicted octanol–water partition coefficient (Wildman–Crippen LogP) is 4.90. The first kappa shape index (κ1) is 20.1. The molecule has 1 amide bonds. The Morgan fingerprint density at radius 3 is 1.96 bits per heavy atom. The third-order valence-corrected chi connectivity index (χ3v) is 5.87. The van der Waals surface area contributed by atoms with Gasteiger partial charge in [0.25, 0.3) is 0 Å². The van der Waals surface area contributed by atoms with E-state index in [4.69, 9.17) is 11.6 Å². The first-order valence-corrected chi connectivity index (χ1v) is 11.0. The second-order valence-electron chi connectivity index (χ2n) is 6.54. The molecule has 0 aliphatic carbocycles. The molecule has 3 aromatic rings. The van der Waals surface area contributed by atoms with Gasteiger partial charge in [-0.2, -0.15) is 0 Å². The first-order valence-electron chi connectivity index (χ1n) is 8.74. The second-order valence-corrected chi connectivity index (χ2v) is 8.96. The van der Waals surface area contributed by atoms with E-state index in [9.17, 15) is 13.2 Å². The van der Waals surface area contributed by atoms with Gasteiger partial charge in [0.05, 0.1) is 15.6 Å². The number of amides is 1. The van der Waals surface area contributed by atoms with Crippen molar-refractivity contribution < 1.29 is 13.2 Å². The number of carbonyl (C=O) groups excluding carboxylic acids is 1. The van der Waals surface area contributed by atoms with Crippen LogP contribution in [-0.4, -0.2) is 20.6 Å². The highest BCUT2D eigenvalue weighted by molar-refractivity contribution is 7.90. The van der Waals surface area contributed by atoms with E-state index in [2.05, 4.69) is 5.32 Å². The van der Waals surface area contributed by atoms with E-state index < -0.39 is 9.84 Å². The van der Waals surface area contributed by atoms with Gasteiger partial charge in [-0.15, -0.1) is 0 Å². The average Bonchev–Trinajstić information content (AvgIpc) is 2.68. The van der Waals surface area contributed by atoms with Crippen molar-refractivity contribution in [1.82, 2.24) is 0 Å². The van der Waals surface area contributed by atoms with E-state index in [1.54, 1.807) is 0 Å². The molecule has 0 heterocycles. The van der Waals surface area contributed by atoms with Crippen LogP contribution in [-0.2, 0) is 14.6 Å². The maximum Gasteiger partial charge on any atom is 0.225 e. The molecule has 28 heavy (non-hydrogen) atoms. The molecule has 3 rings (SSSR count). The number of anilines is 1. The van der Waals surface area contributed by atoms with Crippen LogP contribution >= 0.6 is 11.6 Å². The molecule has 144 valence electrons. The Morgan fingerprint density at radius 1 is 0.929 bits per heavy atom. The number of nitrogens with one attached hydrogen (secondary N) is 1. The predicted molar refractivity (Wildman–Crippen MR) is 113 cm³/mol. The lowest BCUT2D eigenvalue weighted by Gasteiger charge is -2.18. The van der Waals surface area contributed by atoms with Crippen LogP contribution in [0.5, 0.6) is 0 Å². The topological polar surface area (TPSA) is 63.2 Å². The Morgan fingerprint density at radius 2 is 1.46 bits per heavy atom. The molecule has 0 bridgehead atoms. The van der Waals surface area contributed by atoms with Crippen LogP contribution < -0.4 is 5.32 Å². The van der Waals surface area contributed by atoms with Crippen molar-refractivity contribution in [2.75, 3.05) is 11.6 Å². The van der Waals surface area contributed by atoms with Gasteiger partial charge in [0.15, 0.2) is 9.84 Å². The summed E-state index contributed by atoms with van der Waals surface area (Å²) in [5.41, 5.74) is 2.34. The zero-order valence-electron chi connectivity index (χ0n) is 15.3. The largest absolute Gasteiger partial charge is 0.325 e. The van der Waals surface area contributed by atoms with Crippen LogP contribution in [0, 0.1) is 0 Å². The molecule has 0 radical (unpaired) electrons. The first-order chi connectivity index (χ1) is 13.3. The minimum absolute atomic E-state index is 0.106. The lowest BCUT2D eigenvalue weighted by molar-refractivity contribution is -0.116. The summed E-state index contributed by atoms with van der Waals surface area (Å²) in [6.07, 6.45) is 1.32. The van der Waals surface area contributed by atoms with Gasteiger partial charge in [0.1, 0.15) is 0 Å². The Kier molecular flexibility index (Phi) is 6.17. The molecule has 4 nitrogen and oxygen atoms in total. The van der Waals surface area contributed by atoms with Gasteiger partial charge in [-0.25, -0.2) is 8.42 Å². The van der Waals surface area contributed by atoms with E-state index in [-0.39, 0.29) is 33.9 Å². The van der Waals surface area contributed by atoms with Gasteiger partial charge in [0.2, 0.25) is 5.91 Å². The van der Waals surface area contributed by atoms with E-state index in [1.807, 2.05) is 60.7 Å². The summed E-state index contributed by atoms with van der Waals surface area (Å²) in [4.78, 5) is 12.9. The number of sulfone groups is 1. The molecule has 0 aliphatic heterocycles. The summed E-state index contributed by atoms with van der Waals surface area (Å²) >= 11 is 6.15. The molecule has 0 aromatic heterocycles. The van der Waals surface area contributed by atoms with Crippen LogP contribution in [0.3, 0.4) is 0 Å². The van der Waals surface area contributed by atoms with E-state index >= 15 is 0 Å². The van der Waals surface area contributed by atoms with Crippen molar-refractivity contribution in [3.63, 3.8) is 0 Å². The van der Waals surface area contributed by atoms with Gasteiger partial charge >= 0.3 is 0 Å². The summed E-state index contributed by atoms with van der Waals surface area (Å²) < 4.78 is 23.5. The summed E-state index contributed by atoms with van der Waals surface area (Å²) in [6, 6.07) is 23.9. The summed E-state index contributed by atoms with van der Waals surface area (Å²) in [5, 5.41) is 3.05. The van der Waals surface area contributed by atoms with Crippen LogP contribution in [0.15, 0.2) is 83.8 Å². The number of benzene rings is 3. The molecule has 1 N–H and O–H groups in total. The van der Waals surface area contributed by atoms with Crippen molar-refractivity contribution in [3.05, 3.63) is 95.0 Å². The molecule has 0 saturated heterocycles. The highest BCUT2D eigenvalue weighted by Crippen LogP contribution is 2.30. The van der Waals surface area contributed by atoms with E-state index in [0.29, 0.717) is 0 Å². The van der Waals surface area contributed by atoms with Gasteiger partial charge in [-0.3, -0.25) is 4.79 Å². The van der Waals surface area contributed by atoms with Crippen molar-refractivity contribution >= 4 is 33.0 Å². The normalized spacial score (nSPS) is 11.4. The molecule has 6 heteroatoms. The van der Waals surface area contributed by atoms with Crippen LogP contribution in [0.1, 0.15) is 23.5 Å². The Balaban J connectivity index is 1.86. The molecule has 0 atom stereocenters. The van der Waals surface area contributed by atoms with Crippen molar-refractivity contribution in [1.29, 1.82) is 0 Å². The lowest BCUT2D eigenvalue weighted by Crippen LogP contribution is -2.17. The molecular weight excluding hydrogens is 394 g/mol. The Labute approximate surface area is 170 Å². The summed E-state index contributed by atoms with van der Waals surface area (Å²) in [7, 11) is -3.40. The lowest BCUT2D eigenvalue weighted by atomic mass is 9.88. The fraction of sp³-hybridized carbons (Fsp3) is 0.136. The van der Waals surface area contributed by atoms with Crippen LogP contribution in [0.4, 0.5) is 5.69 Å². The molecular formula is C22H20ClNO3S. The third kappa shape index (κ3) is 5.00.